The summed E-state index contributed by atoms with van der Waals surface area (Å²) in [5.41, 5.74) is 4.54. The first-order valence-corrected chi connectivity index (χ1v) is 9.22. The van der Waals surface area contributed by atoms with Gasteiger partial charge < -0.3 is 20.5 Å². The van der Waals surface area contributed by atoms with Crippen LogP contribution in [0.3, 0.4) is 0 Å². The van der Waals surface area contributed by atoms with Crippen LogP contribution >= 0.6 is 0 Å². The maximum Gasteiger partial charge on any atom is 0.133 e. The van der Waals surface area contributed by atoms with Gasteiger partial charge in [-0.25, -0.2) is 9.97 Å². The van der Waals surface area contributed by atoms with E-state index in [9.17, 15) is 5.11 Å². The number of nitrogens with zero attached hydrogens (tertiary/aromatic N) is 2. The highest BCUT2D eigenvalue weighted by Gasteiger charge is 2.16. The number of hydrogen-bond acceptors (Lipinski definition) is 6. The van der Waals surface area contributed by atoms with E-state index < -0.39 is 6.10 Å². The number of hydrogen-bond donors (Lipinski definition) is 3. The molecule has 0 saturated carbocycles. The van der Waals surface area contributed by atoms with Crippen LogP contribution in [-0.4, -0.2) is 47.4 Å². The van der Waals surface area contributed by atoms with Crippen LogP contribution < -0.4 is 15.4 Å². The summed E-state index contributed by atoms with van der Waals surface area (Å²) in [5, 5.41) is 17.0. The van der Waals surface area contributed by atoms with E-state index in [1.165, 1.54) is 5.56 Å². The zero-order valence-electron chi connectivity index (χ0n) is 15.8. The predicted molar refractivity (Wildman–Crippen MR) is 103 cm³/mol. The average molecular weight is 356 g/mol. The van der Waals surface area contributed by atoms with Crippen molar-refractivity contribution < 1.29 is 9.84 Å². The fraction of sp³-hybridized carbons (Fsp3) is 0.500. The Morgan fingerprint density at radius 2 is 2.00 bits per heavy atom. The maximum atomic E-state index is 10.3. The summed E-state index contributed by atoms with van der Waals surface area (Å²) < 4.78 is 5.77. The summed E-state index contributed by atoms with van der Waals surface area (Å²) >= 11 is 0. The molecule has 1 aromatic carbocycles. The first kappa shape index (κ1) is 18.6. The van der Waals surface area contributed by atoms with Crippen molar-refractivity contribution in [1.29, 1.82) is 0 Å². The molecule has 26 heavy (non-hydrogen) atoms. The van der Waals surface area contributed by atoms with Gasteiger partial charge in [-0.15, -0.1) is 0 Å². The van der Waals surface area contributed by atoms with Crippen LogP contribution in [0.4, 0.5) is 5.82 Å². The summed E-state index contributed by atoms with van der Waals surface area (Å²) in [6.45, 7) is 8.47. The fourth-order valence-corrected chi connectivity index (χ4v) is 3.24. The number of aryl methyl sites for hydroxylation is 3. The minimum atomic E-state index is -0.620. The Morgan fingerprint density at radius 3 is 2.81 bits per heavy atom. The third-order valence-corrected chi connectivity index (χ3v) is 4.56. The molecule has 2 aromatic rings. The Balaban J connectivity index is 1.59. The highest BCUT2D eigenvalue weighted by Crippen LogP contribution is 2.20. The van der Waals surface area contributed by atoms with Crippen LogP contribution in [0.5, 0.6) is 5.75 Å². The van der Waals surface area contributed by atoms with Crippen LogP contribution in [0.15, 0.2) is 18.2 Å². The SMILES string of the molecule is Cc1ccc(OC[C@@H](O)CNc2nc(C)nc3c2CCNCC3)c(C)c1. The molecule has 0 saturated heterocycles. The van der Waals surface area contributed by atoms with Crippen molar-refractivity contribution in [2.45, 2.75) is 39.7 Å². The third-order valence-electron chi connectivity index (χ3n) is 4.56. The van der Waals surface area contributed by atoms with Crippen LogP contribution in [-0.2, 0) is 12.8 Å². The van der Waals surface area contributed by atoms with Gasteiger partial charge in [-0.3, -0.25) is 0 Å². The van der Waals surface area contributed by atoms with Crippen LogP contribution in [0.25, 0.3) is 0 Å². The van der Waals surface area contributed by atoms with E-state index in [2.05, 4.69) is 33.6 Å². The van der Waals surface area contributed by atoms with Crippen molar-refractivity contribution >= 4 is 5.82 Å². The fourth-order valence-electron chi connectivity index (χ4n) is 3.24. The van der Waals surface area contributed by atoms with Crippen molar-refractivity contribution in [2.24, 2.45) is 0 Å². The largest absolute Gasteiger partial charge is 0.491 e. The molecule has 0 aliphatic carbocycles. The number of ether oxygens (including phenoxy) is 1. The lowest BCUT2D eigenvalue weighted by atomic mass is 10.1. The first-order valence-electron chi connectivity index (χ1n) is 9.22. The molecule has 1 aliphatic heterocycles. The molecule has 140 valence electrons. The van der Waals surface area contributed by atoms with Crippen molar-refractivity contribution in [1.82, 2.24) is 15.3 Å². The van der Waals surface area contributed by atoms with Crippen molar-refractivity contribution in [2.75, 3.05) is 31.6 Å². The number of anilines is 1. The van der Waals surface area contributed by atoms with E-state index >= 15 is 0 Å². The Kier molecular flexibility index (Phi) is 6.06. The lowest BCUT2D eigenvalue weighted by Crippen LogP contribution is -2.27. The number of aliphatic hydroxyl groups excluding tert-OH is 1. The zero-order valence-corrected chi connectivity index (χ0v) is 15.8. The molecule has 0 amide bonds. The number of rotatable bonds is 6. The minimum absolute atomic E-state index is 0.241. The summed E-state index contributed by atoms with van der Waals surface area (Å²) in [6, 6.07) is 6.04. The van der Waals surface area contributed by atoms with E-state index in [0.29, 0.717) is 6.54 Å². The number of aromatic nitrogens is 2. The molecule has 1 atom stereocenters. The van der Waals surface area contributed by atoms with Gasteiger partial charge in [0.2, 0.25) is 0 Å². The molecule has 0 unspecified atom stereocenters. The van der Waals surface area contributed by atoms with Crippen molar-refractivity contribution in [3.63, 3.8) is 0 Å². The number of nitrogens with one attached hydrogen (secondary N) is 2. The van der Waals surface area contributed by atoms with E-state index in [1.807, 2.05) is 26.0 Å². The predicted octanol–water partition coefficient (Wildman–Crippen LogP) is 1.94. The van der Waals surface area contributed by atoms with Gasteiger partial charge in [-0.1, -0.05) is 17.7 Å². The second-order valence-corrected chi connectivity index (χ2v) is 6.91. The summed E-state index contributed by atoms with van der Waals surface area (Å²) in [7, 11) is 0. The Hall–Kier alpha value is -2.18. The molecule has 3 rings (SSSR count). The second-order valence-electron chi connectivity index (χ2n) is 6.91. The van der Waals surface area contributed by atoms with Gasteiger partial charge in [-0.05, 0) is 45.4 Å². The molecule has 6 nitrogen and oxygen atoms in total. The Morgan fingerprint density at radius 1 is 1.19 bits per heavy atom. The zero-order chi connectivity index (χ0) is 18.5. The minimum Gasteiger partial charge on any atom is -0.491 e. The van der Waals surface area contributed by atoms with Gasteiger partial charge in [0.15, 0.2) is 0 Å². The van der Waals surface area contributed by atoms with Gasteiger partial charge >= 0.3 is 0 Å². The van der Waals surface area contributed by atoms with Gasteiger partial charge in [-0.2, -0.15) is 0 Å². The lowest BCUT2D eigenvalue weighted by molar-refractivity contribution is 0.117. The van der Waals surface area contributed by atoms with E-state index in [1.54, 1.807) is 0 Å². The van der Waals surface area contributed by atoms with Crippen LogP contribution in [0.1, 0.15) is 28.2 Å². The Bertz CT molecular complexity index is 764. The molecular formula is C20H28N4O2. The third kappa shape index (κ3) is 4.71. The summed E-state index contributed by atoms with van der Waals surface area (Å²) in [4.78, 5) is 9.12. The van der Waals surface area contributed by atoms with Gasteiger partial charge in [0.25, 0.3) is 0 Å². The monoisotopic (exact) mass is 356 g/mol. The van der Waals surface area contributed by atoms with Crippen LogP contribution in [0.2, 0.25) is 0 Å². The number of fused-ring (bicyclic) bond motifs is 1. The van der Waals surface area contributed by atoms with Gasteiger partial charge in [0, 0.05) is 25.1 Å². The highest BCUT2D eigenvalue weighted by molar-refractivity contribution is 5.47. The molecule has 6 heteroatoms. The van der Waals surface area contributed by atoms with E-state index in [4.69, 9.17) is 4.74 Å². The second kappa shape index (κ2) is 8.47. The maximum absolute atomic E-state index is 10.3. The van der Waals surface area contributed by atoms with E-state index in [-0.39, 0.29) is 6.61 Å². The van der Waals surface area contributed by atoms with Gasteiger partial charge in [0.05, 0.1) is 5.69 Å². The summed E-state index contributed by atoms with van der Waals surface area (Å²) in [5.74, 6) is 2.41. The molecular weight excluding hydrogens is 328 g/mol. The standard InChI is InChI=1S/C20H28N4O2/c1-13-4-5-19(14(2)10-13)26-12-16(25)11-22-20-17-6-8-21-9-7-18(17)23-15(3)24-20/h4-5,10,16,21,25H,6-9,11-12H2,1-3H3,(H,22,23,24)/t16-/m0/s1. The number of benzene rings is 1. The van der Waals surface area contributed by atoms with E-state index in [0.717, 1.165) is 60.1 Å². The summed E-state index contributed by atoms with van der Waals surface area (Å²) in [6.07, 6.45) is 1.18. The van der Waals surface area contributed by atoms with Crippen LogP contribution in [0, 0.1) is 20.8 Å². The smallest absolute Gasteiger partial charge is 0.133 e. The Labute approximate surface area is 155 Å². The molecule has 2 heterocycles. The highest BCUT2D eigenvalue weighted by atomic mass is 16.5. The lowest BCUT2D eigenvalue weighted by Gasteiger charge is -2.17. The van der Waals surface area contributed by atoms with Gasteiger partial charge in [0.1, 0.15) is 30.1 Å². The number of aliphatic hydroxyl groups is 1. The van der Waals surface area contributed by atoms with Crippen molar-refractivity contribution in [3.05, 3.63) is 46.4 Å². The normalized spacial score (nSPS) is 15.1. The topological polar surface area (TPSA) is 79.3 Å². The quantitative estimate of drug-likeness (QED) is 0.734. The average Bonchev–Trinajstić information content (AvgIpc) is 2.84. The molecule has 1 aliphatic rings. The molecule has 1 aromatic heterocycles. The molecule has 0 bridgehead atoms. The molecule has 0 radical (unpaired) electrons. The first-order chi connectivity index (χ1) is 12.5. The molecule has 0 spiro atoms. The molecule has 0 fully saturated rings. The van der Waals surface area contributed by atoms with Crippen molar-refractivity contribution in [3.8, 4) is 5.75 Å². The molecule has 3 N–H and O–H groups in total.